The highest BCUT2D eigenvalue weighted by Crippen LogP contribution is 2.30. The van der Waals surface area contributed by atoms with Crippen molar-refractivity contribution in [1.82, 2.24) is 24.6 Å². The molecule has 0 aliphatic heterocycles. The molecule has 0 aliphatic rings. The summed E-state index contributed by atoms with van der Waals surface area (Å²) in [6.07, 6.45) is 0. The molecule has 7 heteroatoms. The molecule has 0 aliphatic carbocycles. The Labute approximate surface area is 172 Å². The van der Waals surface area contributed by atoms with Crippen molar-refractivity contribution in [2.24, 2.45) is 0 Å². The summed E-state index contributed by atoms with van der Waals surface area (Å²) < 4.78 is 7.97. The molecular weight excluding hydrogens is 382 g/mol. The zero-order valence-electron chi connectivity index (χ0n) is 16.4. The summed E-state index contributed by atoms with van der Waals surface area (Å²) in [5.74, 6) is 2.96. The Balaban J connectivity index is 1.48. The fourth-order valence-electron chi connectivity index (χ4n) is 3.31. The van der Waals surface area contributed by atoms with Crippen LogP contribution in [0.4, 0.5) is 0 Å². The SMILES string of the molecule is Cc1ccc(-c2nc(CSc3nc4ccccc4n4c(C)nnc34)c(C)o2)cc1. The predicted molar refractivity (Wildman–Crippen MR) is 114 cm³/mol. The Hall–Kier alpha value is -3.19. The van der Waals surface area contributed by atoms with Gasteiger partial charge in [-0.15, -0.1) is 10.2 Å². The van der Waals surface area contributed by atoms with Gasteiger partial charge in [0, 0.05) is 11.3 Å². The maximum atomic E-state index is 5.91. The van der Waals surface area contributed by atoms with Crippen LogP contribution < -0.4 is 0 Å². The van der Waals surface area contributed by atoms with Gasteiger partial charge >= 0.3 is 0 Å². The Morgan fingerprint density at radius 2 is 1.72 bits per heavy atom. The van der Waals surface area contributed by atoms with Crippen LogP contribution in [-0.2, 0) is 5.75 Å². The Bertz CT molecular complexity index is 1340. The first kappa shape index (κ1) is 17.9. The number of rotatable bonds is 4. The van der Waals surface area contributed by atoms with E-state index in [1.165, 1.54) is 5.56 Å². The van der Waals surface area contributed by atoms with Crippen LogP contribution in [0.15, 0.2) is 58.0 Å². The molecular formula is C22H19N5OS. The second-order valence-corrected chi connectivity index (χ2v) is 7.95. The van der Waals surface area contributed by atoms with Gasteiger partial charge in [-0.05, 0) is 45.0 Å². The van der Waals surface area contributed by atoms with Gasteiger partial charge in [-0.3, -0.25) is 4.40 Å². The number of nitrogens with zero attached hydrogens (tertiary/aromatic N) is 5. The maximum Gasteiger partial charge on any atom is 0.226 e. The quantitative estimate of drug-likeness (QED) is 0.388. The molecule has 0 fully saturated rings. The molecule has 5 rings (SSSR count). The molecule has 0 radical (unpaired) electrons. The lowest BCUT2D eigenvalue weighted by Gasteiger charge is -2.06. The molecule has 0 amide bonds. The molecule has 0 saturated heterocycles. The lowest BCUT2D eigenvalue weighted by Crippen LogP contribution is -1.97. The number of aryl methyl sites for hydroxylation is 3. The van der Waals surface area contributed by atoms with Gasteiger partial charge in [0.15, 0.2) is 5.65 Å². The Morgan fingerprint density at radius 3 is 2.55 bits per heavy atom. The van der Waals surface area contributed by atoms with Crippen LogP contribution in [0.5, 0.6) is 0 Å². The highest BCUT2D eigenvalue weighted by atomic mass is 32.2. The third kappa shape index (κ3) is 3.17. The first-order chi connectivity index (χ1) is 14.1. The smallest absolute Gasteiger partial charge is 0.226 e. The second kappa shape index (κ2) is 7.00. The zero-order chi connectivity index (χ0) is 20.0. The van der Waals surface area contributed by atoms with Gasteiger partial charge in [0.05, 0.1) is 16.7 Å². The lowest BCUT2D eigenvalue weighted by molar-refractivity contribution is 0.540. The number of thioether (sulfide) groups is 1. The van der Waals surface area contributed by atoms with Gasteiger partial charge in [-0.25, -0.2) is 9.97 Å². The maximum absolute atomic E-state index is 5.91. The molecule has 2 aromatic carbocycles. The Morgan fingerprint density at radius 1 is 0.931 bits per heavy atom. The van der Waals surface area contributed by atoms with Crippen LogP contribution in [0.25, 0.3) is 28.1 Å². The van der Waals surface area contributed by atoms with E-state index in [0.717, 1.165) is 44.5 Å². The number of hydrogen-bond acceptors (Lipinski definition) is 6. The fourth-order valence-corrected chi connectivity index (χ4v) is 4.28. The molecule has 0 N–H and O–H groups in total. The van der Waals surface area contributed by atoms with E-state index < -0.39 is 0 Å². The van der Waals surface area contributed by atoms with E-state index in [4.69, 9.17) is 14.4 Å². The van der Waals surface area contributed by atoms with Crippen molar-refractivity contribution in [3.05, 3.63) is 71.4 Å². The van der Waals surface area contributed by atoms with Gasteiger partial charge in [0.1, 0.15) is 16.6 Å². The van der Waals surface area contributed by atoms with Crippen LogP contribution in [0.2, 0.25) is 0 Å². The summed E-state index contributed by atoms with van der Waals surface area (Å²) in [6.45, 7) is 5.97. The minimum atomic E-state index is 0.646. The average molecular weight is 401 g/mol. The van der Waals surface area contributed by atoms with Gasteiger partial charge in [0.2, 0.25) is 5.89 Å². The molecule has 0 saturated carbocycles. The lowest BCUT2D eigenvalue weighted by atomic mass is 10.1. The summed E-state index contributed by atoms with van der Waals surface area (Å²) in [5.41, 5.74) is 5.80. The second-order valence-electron chi connectivity index (χ2n) is 6.99. The van der Waals surface area contributed by atoms with Crippen molar-refractivity contribution in [2.75, 3.05) is 0 Å². The van der Waals surface area contributed by atoms with Gasteiger partial charge in [0.25, 0.3) is 0 Å². The van der Waals surface area contributed by atoms with E-state index in [1.54, 1.807) is 11.8 Å². The standard InChI is InChI=1S/C22H19N5OS/c1-13-8-10-16(11-9-13)21-23-18(14(2)28-21)12-29-22-20-26-25-15(3)27(20)19-7-5-4-6-17(19)24-22/h4-11H,12H2,1-3H3. The van der Waals surface area contributed by atoms with Crippen molar-refractivity contribution in [3.8, 4) is 11.5 Å². The molecule has 0 unspecified atom stereocenters. The van der Waals surface area contributed by atoms with E-state index in [2.05, 4.69) is 33.7 Å². The van der Waals surface area contributed by atoms with Crippen LogP contribution in [0, 0.1) is 20.8 Å². The van der Waals surface area contributed by atoms with E-state index in [1.807, 2.05) is 50.2 Å². The van der Waals surface area contributed by atoms with Crippen molar-refractivity contribution in [2.45, 2.75) is 31.6 Å². The summed E-state index contributed by atoms with van der Waals surface area (Å²) >= 11 is 1.60. The first-order valence-corrected chi connectivity index (χ1v) is 10.4. The van der Waals surface area contributed by atoms with Gasteiger partial charge in [-0.1, -0.05) is 41.6 Å². The minimum Gasteiger partial charge on any atom is -0.441 e. The normalized spacial score (nSPS) is 11.6. The highest BCUT2D eigenvalue weighted by molar-refractivity contribution is 7.98. The molecule has 0 bridgehead atoms. The summed E-state index contributed by atoms with van der Waals surface area (Å²) in [5, 5.41) is 9.44. The summed E-state index contributed by atoms with van der Waals surface area (Å²) in [4.78, 5) is 9.53. The van der Waals surface area contributed by atoms with E-state index in [9.17, 15) is 0 Å². The minimum absolute atomic E-state index is 0.646. The molecule has 29 heavy (non-hydrogen) atoms. The van der Waals surface area contributed by atoms with Crippen molar-refractivity contribution in [3.63, 3.8) is 0 Å². The van der Waals surface area contributed by atoms with E-state index in [-0.39, 0.29) is 0 Å². The van der Waals surface area contributed by atoms with Crippen LogP contribution in [0.1, 0.15) is 22.8 Å². The molecule has 0 spiro atoms. The number of para-hydroxylation sites is 2. The number of hydrogen-bond donors (Lipinski definition) is 0. The Kier molecular flexibility index (Phi) is 4.32. The van der Waals surface area contributed by atoms with Crippen molar-refractivity contribution < 1.29 is 4.42 Å². The molecule has 0 atom stereocenters. The molecule has 3 aromatic heterocycles. The fraction of sp³-hybridized carbons (Fsp3) is 0.182. The first-order valence-electron chi connectivity index (χ1n) is 9.37. The van der Waals surface area contributed by atoms with Crippen LogP contribution in [-0.4, -0.2) is 24.6 Å². The number of benzene rings is 2. The molecule has 6 nitrogen and oxygen atoms in total. The number of aromatic nitrogens is 5. The summed E-state index contributed by atoms with van der Waals surface area (Å²) in [7, 11) is 0. The number of oxazole rings is 1. The average Bonchev–Trinajstić information content (AvgIpc) is 3.30. The largest absolute Gasteiger partial charge is 0.441 e. The summed E-state index contributed by atoms with van der Waals surface area (Å²) in [6, 6.07) is 16.2. The third-order valence-electron chi connectivity index (χ3n) is 4.90. The predicted octanol–water partition coefficient (Wildman–Crippen LogP) is 5.15. The van der Waals surface area contributed by atoms with Gasteiger partial charge in [-0.2, -0.15) is 0 Å². The molecule has 144 valence electrons. The topological polar surface area (TPSA) is 69.1 Å². The molecule has 5 aromatic rings. The van der Waals surface area contributed by atoms with Gasteiger partial charge < -0.3 is 4.42 Å². The monoisotopic (exact) mass is 401 g/mol. The van der Waals surface area contributed by atoms with Crippen molar-refractivity contribution >= 4 is 28.4 Å². The van der Waals surface area contributed by atoms with Crippen LogP contribution >= 0.6 is 11.8 Å². The zero-order valence-corrected chi connectivity index (χ0v) is 17.2. The van der Waals surface area contributed by atoms with Crippen LogP contribution in [0.3, 0.4) is 0 Å². The van der Waals surface area contributed by atoms with Crippen molar-refractivity contribution in [1.29, 1.82) is 0 Å². The third-order valence-corrected chi connectivity index (χ3v) is 5.86. The number of fused-ring (bicyclic) bond motifs is 3. The van der Waals surface area contributed by atoms with E-state index in [0.29, 0.717) is 11.6 Å². The molecule has 3 heterocycles. The highest BCUT2D eigenvalue weighted by Gasteiger charge is 2.16. The van der Waals surface area contributed by atoms with E-state index >= 15 is 0 Å².